The Morgan fingerprint density at radius 3 is 2.56 bits per heavy atom. The molecule has 1 heterocycles. The second-order valence-electron chi connectivity index (χ2n) is 6.45. The lowest BCUT2D eigenvalue weighted by Crippen LogP contribution is -2.15. The highest BCUT2D eigenvalue weighted by Gasteiger charge is 2.14. The molecule has 3 aromatic rings. The van der Waals surface area contributed by atoms with Crippen LogP contribution in [0.25, 0.3) is 11.5 Å². The smallest absolute Gasteiger partial charge is 0.277 e. The van der Waals surface area contributed by atoms with Crippen LogP contribution < -0.4 is 5.32 Å². The van der Waals surface area contributed by atoms with Gasteiger partial charge < -0.3 is 9.73 Å². The molecule has 0 aliphatic rings. The molecule has 7 heteroatoms. The maximum Gasteiger partial charge on any atom is 0.277 e. The third-order valence-electron chi connectivity index (χ3n) is 4.18. The van der Waals surface area contributed by atoms with Crippen LogP contribution in [0.15, 0.2) is 40.0 Å². The number of halogens is 1. The minimum absolute atomic E-state index is 0.151. The second-order valence-corrected chi connectivity index (χ2v) is 7.78. The van der Waals surface area contributed by atoms with Gasteiger partial charge in [0.2, 0.25) is 11.8 Å². The first-order chi connectivity index (χ1) is 12.8. The van der Waals surface area contributed by atoms with Crippen LogP contribution in [0.3, 0.4) is 0 Å². The molecule has 1 N–H and O–H groups in total. The lowest BCUT2D eigenvalue weighted by Gasteiger charge is -2.11. The molecule has 1 aromatic heterocycles. The third-order valence-corrected chi connectivity index (χ3v) is 5.30. The van der Waals surface area contributed by atoms with Crippen molar-refractivity contribution in [1.29, 1.82) is 0 Å². The van der Waals surface area contributed by atoms with Gasteiger partial charge in [-0.2, -0.15) is 0 Å². The summed E-state index contributed by atoms with van der Waals surface area (Å²) in [7, 11) is 0. The van der Waals surface area contributed by atoms with Crippen LogP contribution in [0.1, 0.15) is 22.3 Å². The molecule has 0 atom stereocenters. The van der Waals surface area contributed by atoms with Gasteiger partial charge in [0.15, 0.2) is 0 Å². The number of hydrogen-bond acceptors (Lipinski definition) is 5. The molecule has 0 unspecified atom stereocenters. The first kappa shape index (κ1) is 19.5. The summed E-state index contributed by atoms with van der Waals surface area (Å²) in [4.78, 5) is 12.3. The van der Waals surface area contributed by atoms with Gasteiger partial charge in [-0.3, -0.25) is 4.79 Å². The van der Waals surface area contributed by atoms with E-state index in [0.29, 0.717) is 21.8 Å². The standard InChI is InChI=1S/C20H20ClN3O2S/c1-11-7-14(4)18(16(21)8-11)22-17(25)10-27-20-24-23-19(26-20)15-6-5-12(2)13(3)9-15/h5-9H,10H2,1-4H3,(H,22,25). The normalized spacial score (nSPS) is 10.9. The van der Waals surface area contributed by atoms with Crippen LogP contribution in [0, 0.1) is 27.7 Å². The Kier molecular flexibility index (Phi) is 5.87. The molecule has 27 heavy (non-hydrogen) atoms. The van der Waals surface area contributed by atoms with E-state index < -0.39 is 0 Å². The number of nitrogens with zero attached hydrogens (tertiary/aromatic N) is 2. The van der Waals surface area contributed by atoms with E-state index in [-0.39, 0.29) is 11.7 Å². The van der Waals surface area contributed by atoms with Gasteiger partial charge >= 0.3 is 0 Å². The second kappa shape index (κ2) is 8.15. The molecule has 0 aliphatic carbocycles. The van der Waals surface area contributed by atoms with Crippen LogP contribution in [0.4, 0.5) is 5.69 Å². The predicted octanol–water partition coefficient (Wildman–Crippen LogP) is 5.35. The molecule has 0 spiro atoms. The minimum Gasteiger partial charge on any atom is -0.411 e. The number of anilines is 1. The summed E-state index contributed by atoms with van der Waals surface area (Å²) in [5, 5.41) is 11.8. The Morgan fingerprint density at radius 1 is 1.07 bits per heavy atom. The topological polar surface area (TPSA) is 68.0 Å². The van der Waals surface area contributed by atoms with Crippen molar-refractivity contribution in [2.75, 3.05) is 11.1 Å². The number of benzene rings is 2. The lowest BCUT2D eigenvalue weighted by atomic mass is 10.1. The Labute approximate surface area is 167 Å². The fourth-order valence-corrected chi connectivity index (χ4v) is 3.57. The van der Waals surface area contributed by atoms with Crippen molar-refractivity contribution in [2.45, 2.75) is 32.9 Å². The first-order valence-electron chi connectivity index (χ1n) is 8.44. The van der Waals surface area contributed by atoms with Gasteiger partial charge in [0, 0.05) is 5.56 Å². The number of amides is 1. The summed E-state index contributed by atoms with van der Waals surface area (Å²) in [6.45, 7) is 7.96. The van der Waals surface area contributed by atoms with E-state index in [0.717, 1.165) is 22.3 Å². The first-order valence-corrected chi connectivity index (χ1v) is 9.80. The van der Waals surface area contributed by atoms with Gasteiger partial charge in [0.1, 0.15) is 0 Å². The van der Waals surface area contributed by atoms with Crippen molar-refractivity contribution in [3.8, 4) is 11.5 Å². The Bertz CT molecular complexity index is 978. The summed E-state index contributed by atoms with van der Waals surface area (Å²) in [5.41, 5.74) is 5.83. The van der Waals surface area contributed by atoms with Gasteiger partial charge in [-0.05, 0) is 68.1 Å². The van der Waals surface area contributed by atoms with Crippen LogP contribution in [-0.4, -0.2) is 21.9 Å². The van der Waals surface area contributed by atoms with E-state index >= 15 is 0 Å². The molecule has 0 saturated heterocycles. The Balaban J connectivity index is 1.63. The number of rotatable bonds is 5. The number of aromatic nitrogens is 2. The van der Waals surface area contributed by atoms with E-state index in [1.807, 2.05) is 51.1 Å². The summed E-state index contributed by atoms with van der Waals surface area (Å²) in [5.74, 6) is 0.413. The van der Waals surface area contributed by atoms with E-state index in [4.69, 9.17) is 16.0 Å². The number of carbonyl (C=O) groups excluding carboxylic acids is 1. The van der Waals surface area contributed by atoms with E-state index in [2.05, 4.69) is 22.4 Å². The quantitative estimate of drug-likeness (QED) is 0.583. The number of hydrogen-bond donors (Lipinski definition) is 1. The van der Waals surface area contributed by atoms with Gasteiger partial charge in [-0.25, -0.2) is 0 Å². The minimum atomic E-state index is -0.181. The summed E-state index contributed by atoms with van der Waals surface area (Å²) in [6, 6.07) is 9.77. The monoisotopic (exact) mass is 401 g/mol. The van der Waals surface area contributed by atoms with E-state index in [9.17, 15) is 4.79 Å². The summed E-state index contributed by atoms with van der Waals surface area (Å²) in [6.07, 6.45) is 0. The zero-order chi connectivity index (χ0) is 19.6. The number of thioether (sulfide) groups is 1. The largest absolute Gasteiger partial charge is 0.411 e. The van der Waals surface area contributed by atoms with Crippen molar-refractivity contribution < 1.29 is 9.21 Å². The molecule has 3 rings (SSSR count). The molecule has 0 bridgehead atoms. The van der Waals surface area contributed by atoms with Crippen molar-refractivity contribution in [2.24, 2.45) is 0 Å². The fourth-order valence-electron chi connectivity index (χ4n) is 2.64. The molecule has 5 nitrogen and oxygen atoms in total. The van der Waals surface area contributed by atoms with Gasteiger partial charge in [0.05, 0.1) is 16.5 Å². The summed E-state index contributed by atoms with van der Waals surface area (Å²) < 4.78 is 5.66. The molecular weight excluding hydrogens is 382 g/mol. The van der Waals surface area contributed by atoms with Crippen LogP contribution in [0.2, 0.25) is 5.02 Å². The average Bonchev–Trinajstić information content (AvgIpc) is 3.07. The van der Waals surface area contributed by atoms with E-state index in [1.54, 1.807) is 0 Å². The van der Waals surface area contributed by atoms with Crippen LogP contribution in [0.5, 0.6) is 0 Å². The molecule has 1 amide bonds. The molecule has 140 valence electrons. The molecule has 0 radical (unpaired) electrons. The molecule has 0 fully saturated rings. The Hall–Kier alpha value is -2.31. The van der Waals surface area contributed by atoms with Crippen LogP contribution >= 0.6 is 23.4 Å². The fraction of sp³-hybridized carbons (Fsp3) is 0.250. The zero-order valence-corrected chi connectivity index (χ0v) is 17.2. The highest BCUT2D eigenvalue weighted by atomic mass is 35.5. The van der Waals surface area contributed by atoms with Crippen LogP contribution in [-0.2, 0) is 4.79 Å². The maximum absolute atomic E-state index is 12.3. The maximum atomic E-state index is 12.3. The van der Waals surface area contributed by atoms with E-state index in [1.165, 1.54) is 17.3 Å². The number of nitrogens with one attached hydrogen (secondary N) is 1. The molecule has 0 saturated carbocycles. The Morgan fingerprint density at radius 2 is 1.85 bits per heavy atom. The SMILES string of the molecule is Cc1cc(C)c(NC(=O)CSc2nnc(-c3ccc(C)c(C)c3)o2)c(Cl)c1. The van der Waals surface area contributed by atoms with Gasteiger partial charge in [-0.1, -0.05) is 35.5 Å². The van der Waals surface area contributed by atoms with Crippen molar-refractivity contribution >= 4 is 35.0 Å². The average molecular weight is 402 g/mol. The molecule has 2 aromatic carbocycles. The predicted molar refractivity (Wildman–Crippen MR) is 109 cm³/mol. The highest BCUT2D eigenvalue weighted by molar-refractivity contribution is 7.99. The lowest BCUT2D eigenvalue weighted by molar-refractivity contribution is -0.113. The van der Waals surface area contributed by atoms with Crippen molar-refractivity contribution in [3.63, 3.8) is 0 Å². The van der Waals surface area contributed by atoms with Crippen molar-refractivity contribution in [1.82, 2.24) is 10.2 Å². The van der Waals surface area contributed by atoms with Crippen molar-refractivity contribution in [3.05, 3.63) is 57.6 Å². The molecular formula is C20H20ClN3O2S. The number of carbonyl (C=O) groups is 1. The summed E-state index contributed by atoms with van der Waals surface area (Å²) >= 11 is 7.42. The zero-order valence-electron chi connectivity index (χ0n) is 15.6. The van der Waals surface area contributed by atoms with Gasteiger partial charge in [-0.15, -0.1) is 10.2 Å². The number of aryl methyl sites for hydroxylation is 4. The third kappa shape index (κ3) is 4.70. The highest BCUT2D eigenvalue weighted by Crippen LogP contribution is 2.28. The van der Waals surface area contributed by atoms with Gasteiger partial charge in [0.25, 0.3) is 5.22 Å². The molecule has 0 aliphatic heterocycles.